The summed E-state index contributed by atoms with van der Waals surface area (Å²) in [6, 6.07) is 6.12. The van der Waals surface area contributed by atoms with E-state index < -0.39 is 6.03 Å². The third kappa shape index (κ3) is 2.71. The van der Waals surface area contributed by atoms with Crippen molar-refractivity contribution in [3.8, 4) is 0 Å². The van der Waals surface area contributed by atoms with Gasteiger partial charge in [0.1, 0.15) is 5.69 Å². The summed E-state index contributed by atoms with van der Waals surface area (Å²) in [7, 11) is 0. The smallest absolute Gasteiger partial charge is 0.316 e. The van der Waals surface area contributed by atoms with Crippen LogP contribution in [0.15, 0.2) is 28.7 Å². The summed E-state index contributed by atoms with van der Waals surface area (Å²) in [5.41, 5.74) is 8.22. The fourth-order valence-corrected chi connectivity index (χ4v) is 2.53. The molecular weight excluding hydrogens is 308 g/mol. The number of urea groups is 1. The minimum absolute atomic E-state index is 0.0179. The van der Waals surface area contributed by atoms with Crippen LogP contribution in [0.5, 0.6) is 0 Å². The van der Waals surface area contributed by atoms with Crippen molar-refractivity contribution in [1.82, 2.24) is 9.97 Å². The SMILES string of the molecule is Cc1ccc(C(=O)c2oc3nc(C)ccc3c2NC(N)=O)c(C)n1. The Bertz CT molecular complexity index is 975. The molecule has 0 spiro atoms. The van der Waals surface area contributed by atoms with Crippen molar-refractivity contribution in [3.05, 3.63) is 52.7 Å². The van der Waals surface area contributed by atoms with Crippen LogP contribution in [0.4, 0.5) is 10.5 Å². The molecule has 3 aromatic heterocycles. The molecule has 7 heteroatoms. The molecule has 2 amide bonds. The number of hydrogen-bond acceptors (Lipinski definition) is 5. The Morgan fingerprint density at radius 3 is 2.38 bits per heavy atom. The molecule has 0 saturated heterocycles. The Morgan fingerprint density at radius 1 is 1.04 bits per heavy atom. The lowest BCUT2D eigenvalue weighted by molar-refractivity contribution is 0.101. The van der Waals surface area contributed by atoms with Gasteiger partial charge < -0.3 is 15.5 Å². The number of furan rings is 1. The van der Waals surface area contributed by atoms with E-state index in [0.29, 0.717) is 16.6 Å². The van der Waals surface area contributed by atoms with Crippen molar-refractivity contribution in [1.29, 1.82) is 0 Å². The molecule has 0 radical (unpaired) electrons. The van der Waals surface area contributed by atoms with Crippen LogP contribution in [0.25, 0.3) is 11.1 Å². The summed E-state index contributed by atoms with van der Waals surface area (Å²) >= 11 is 0. The first kappa shape index (κ1) is 15.7. The van der Waals surface area contributed by atoms with E-state index in [4.69, 9.17) is 10.2 Å². The predicted molar refractivity (Wildman–Crippen MR) is 89.1 cm³/mol. The molecule has 122 valence electrons. The van der Waals surface area contributed by atoms with Crippen LogP contribution >= 0.6 is 0 Å². The Kier molecular flexibility index (Phi) is 3.76. The molecule has 0 aliphatic carbocycles. The highest BCUT2D eigenvalue weighted by atomic mass is 16.4. The van der Waals surface area contributed by atoms with Crippen molar-refractivity contribution in [2.24, 2.45) is 5.73 Å². The Hall–Kier alpha value is -3.22. The highest BCUT2D eigenvalue weighted by molar-refractivity contribution is 6.16. The van der Waals surface area contributed by atoms with Gasteiger partial charge in [-0.05, 0) is 45.0 Å². The topological polar surface area (TPSA) is 111 Å². The minimum atomic E-state index is -0.786. The second-order valence-electron chi connectivity index (χ2n) is 5.52. The van der Waals surface area contributed by atoms with Crippen LogP contribution in [-0.2, 0) is 0 Å². The number of anilines is 1. The van der Waals surface area contributed by atoms with Gasteiger partial charge in [0.15, 0.2) is 0 Å². The molecule has 0 atom stereocenters. The Balaban J connectivity index is 2.20. The largest absolute Gasteiger partial charge is 0.432 e. The molecule has 0 aliphatic heterocycles. The van der Waals surface area contributed by atoms with Gasteiger partial charge >= 0.3 is 6.03 Å². The van der Waals surface area contributed by atoms with Gasteiger partial charge in [0, 0.05) is 22.6 Å². The lowest BCUT2D eigenvalue weighted by Crippen LogP contribution is -2.20. The number of carbonyl (C=O) groups is 2. The van der Waals surface area contributed by atoms with Crippen molar-refractivity contribution in [2.75, 3.05) is 5.32 Å². The summed E-state index contributed by atoms with van der Waals surface area (Å²) in [5, 5.41) is 2.98. The van der Waals surface area contributed by atoms with Gasteiger partial charge in [-0.15, -0.1) is 0 Å². The quantitative estimate of drug-likeness (QED) is 0.720. The highest BCUT2D eigenvalue weighted by Gasteiger charge is 2.25. The minimum Gasteiger partial charge on any atom is -0.432 e. The standard InChI is InChI=1S/C17H16N4O3/c1-8-4-6-11(10(3)19-8)14(22)15-13(21-17(18)23)12-7-5-9(2)20-16(12)24-15/h4-7H,1-3H3,(H3,18,21,23). The van der Waals surface area contributed by atoms with E-state index in [9.17, 15) is 9.59 Å². The summed E-state index contributed by atoms with van der Waals surface area (Å²) in [6.07, 6.45) is 0. The summed E-state index contributed by atoms with van der Waals surface area (Å²) < 4.78 is 5.62. The van der Waals surface area contributed by atoms with E-state index in [1.54, 1.807) is 38.1 Å². The molecule has 3 aromatic rings. The average Bonchev–Trinajstić information content (AvgIpc) is 2.83. The predicted octanol–water partition coefficient (Wildman–Crippen LogP) is 2.87. The van der Waals surface area contributed by atoms with E-state index in [-0.39, 0.29) is 22.9 Å². The average molecular weight is 324 g/mol. The Morgan fingerprint density at radius 2 is 1.71 bits per heavy atom. The maximum absolute atomic E-state index is 12.9. The monoisotopic (exact) mass is 324 g/mol. The number of ketones is 1. The van der Waals surface area contributed by atoms with Gasteiger partial charge in [0.25, 0.3) is 0 Å². The van der Waals surface area contributed by atoms with Crippen LogP contribution in [0.3, 0.4) is 0 Å². The fraction of sp³-hybridized carbons (Fsp3) is 0.176. The molecule has 0 aromatic carbocycles. The number of hydrogen-bond donors (Lipinski definition) is 2. The summed E-state index contributed by atoms with van der Waals surface area (Å²) in [5.74, 6) is -0.407. The number of pyridine rings is 2. The number of rotatable bonds is 3. The van der Waals surface area contributed by atoms with E-state index in [1.165, 1.54) is 0 Å². The van der Waals surface area contributed by atoms with E-state index in [0.717, 1.165) is 11.4 Å². The zero-order valence-corrected chi connectivity index (χ0v) is 13.5. The van der Waals surface area contributed by atoms with Gasteiger partial charge in [0.05, 0.1) is 5.39 Å². The zero-order valence-electron chi connectivity index (χ0n) is 13.5. The second-order valence-corrected chi connectivity index (χ2v) is 5.52. The van der Waals surface area contributed by atoms with Gasteiger partial charge in [-0.25, -0.2) is 9.78 Å². The number of aryl methyl sites for hydroxylation is 3. The first-order valence-corrected chi connectivity index (χ1v) is 7.32. The first-order chi connectivity index (χ1) is 11.4. The van der Waals surface area contributed by atoms with Crippen LogP contribution in [0.1, 0.15) is 33.2 Å². The molecule has 24 heavy (non-hydrogen) atoms. The van der Waals surface area contributed by atoms with Gasteiger partial charge in [-0.1, -0.05) is 0 Å². The summed E-state index contributed by atoms with van der Waals surface area (Å²) in [4.78, 5) is 32.7. The number of carbonyl (C=O) groups excluding carboxylic acids is 2. The molecule has 0 aliphatic rings. The number of nitrogens with zero attached hydrogens (tertiary/aromatic N) is 2. The molecule has 3 heterocycles. The number of fused-ring (bicyclic) bond motifs is 1. The van der Waals surface area contributed by atoms with Crippen LogP contribution in [0, 0.1) is 20.8 Å². The second kappa shape index (κ2) is 5.77. The van der Waals surface area contributed by atoms with Crippen molar-refractivity contribution >= 4 is 28.6 Å². The number of nitrogens with one attached hydrogen (secondary N) is 1. The number of nitrogens with two attached hydrogens (primary N) is 1. The number of primary amides is 1. The van der Waals surface area contributed by atoms with E-state index >= 15 is 0 Å². The fourth-order valence-electron chi connectivity index (χ4n) is 2.53. The highest BCUT2D eigenvalue weighted by Crippen LogP contribution is 2.32. The van der Waals surface area contributed by atoms with Crippen molar-refractivity contribution < 1.29 is 14.0 Å². The molecule has 0 bridgehead atoms. The number of amides is 2. The molecule has 3 N–H and O–H groups in total. The zero-order chi connectivity index (χ0) is 17.4. The normalized spacial score (nSPS) is 10.8. The van der Waals surface area contributed by atoms with Gasteiger partial charge in [0.2, 0.25) is 17.3 Å². The molecule has 3 rings (SSSR count). The molecule has 0 saturated carbocycles. The van der Waals surface area contributed by atoms with Crippen molar-refractivity contribution in [3.63, 3.8) is 0 Å². The van der Waals surface area contributed by atoms with E-state index in [1.807, 2.05) is 6.92 Å². The third-order valence-electron chi connectivity index (χ3n) is 3.62. The lowest BCUT2D eigenvalue weighted by Gasteiger charge is -2.05. The molecule has 0 unspecified atom stereocenters. The van der Waals surface area contributed by atoms with Crippen LogP contribution < -0.4 is 11.1 Å². The Labute approximate surface area is 137 Å². The van der Waals surface area contributed by atoms with Crippen molar-refractivity contribution in [2.45, 2.75) is 20.8 Å². The maximum atomic E-state index is 12.9. The van der Waals surface area contributed by atoms with Gasteiger partial charge in [-0.3, -0.25) is 9.78 Å². The van der Waals surface area contributed by atoms with Crippen LogP contribution in [0.2, 0.25) is 0 Å². The third-order valence-corrected chi connectivity index (χ3v) is 3.62. The molecule has 7 nitrogen and oxygen atoms in total. The molecular formula is C17H16N4O3. The number of aromatic nitrogens is 2. The first-order valence-electron chi connectivity index (χ1n) is 7.32. The van der Waals surface area contributed by atoms with Gasteiger partial charge in [-0.2, -0.15) is 0 Å². The maximum Gasteiger partial charge on any atom is 0.316 e. The summed E-state index contributed by atoms with van der Waals surface area (Å²) in [6.45, 7) is 5.39. The van der Waals surface area contributed by atoms with Crippen LogP contribution in [-0.4, -0.2) is 21.8 Å². The van der Waals surface area contributed by atoms with E-state index in [2.05, 4.69) is 15.3 Å². The lowest BCUT2D eigenvalue weighted by atomic mass is 10.1. The molecule has 0 fully saturated rings.